The fraction of sp³-hybridized carbons (Fsp3) is 0.500. The van der Waals surface area contributed by atoms with Crippen molar-refractivity contribution in [2.45, 2.75) is 31.5 Å². The van der Waals surface area contributed by atoms with Crippen LogP contribution in [0.25, 0.3) is 0 Å². The van der Waals surface area contributed by atoms with Gasteiger partial charge in [-0.1, -0.05) is 18.2 Å². The normalized spacial score (nSPS) is 20.5. The molecule has 2 saturated heterocycles. The molecule has 0 N–H and O–H groups in total. The number of carbonyl (C=O) groups is 2. The van der Waals surface area contributed by atoms with Gasteiger partial charge < -0.3 is 9.80 Å². The van der Waals surface area contributed by atoms with Gasteiger partial charge in [-0.05, 0) is 25.0 Å². The molecule has 1 unspecified atom stereocenters. The lowest BCUT2D eigenvalue weighted by Crippen LogP contribution is -2.44. The first-order valence-corrected chi connectivity index (χ1v) is 10.0. The van der Waals surface area contributed by atoms with Crippen LogP contribution in [0, 0.1) is 5.92 Å². The van der Waals surface area contributed by atoms with Crippen molar-refractivity contribution >= 4 is 17.5 Å². The van der Waals surface area contributed by atoms with Crippen LogP contribution in [0.2, 0.25) is 0 Å². The number of amides is 2. The number of likely N-dealkylation sites (tertiary alicyclic amines) is 1. The van der Waals surface area contributed by atoms with E-state index < -0.39 is 29.7 Å². The smallest absolute Gasteiger partial charge is 0.342 e. The average Bonchev–Trinajstić information content (AvgIpc) is 3.28. The molecule has 11 heteroatoms. The number of piperidine rings is 1. The molecule has 1 aromatic heterocycles. The van der Waals surface area contributed by atoms with Gasteiger partial charge in [0, 0.05) is 38.8 Å². The fourth-order valence-electron chi connectivity index (χ4n) is 4.26. The molecule has 166 valence electrons. The number of hydrogen-bond acceptors (Lipinski definition) is 4. The summed E-state index contributed by atoms with van der Waals surface area (Å²) in [5.74, 6) is -1.95. The van der Waals surface area contributed by atoms with Crippen LogP contribution in [0.3, 0.4) is 0 Å². The van der Waals surface area contributed by atoms with E-state index in [1.165, 1.54) is 0 Å². The minimum absolute atomic E-state index is 0.112. The zero-order valence-electron chi connectivity index (χ0n) is 16.9. The predicted octanol–water partition coefficient (Wildman–Crippen LogP) is 1.82. The Morgan fingerprint density at radius 1 is 1.10 bits per heavy atom. The van der Waals surface area contributed by atoms with Gasteiger partial charge in [0.2, 0.25) is 17.6 Å². The zero-order valence-corrected chi connectivity index (χ0v) is 16.9. The standard InChI is InChI=1S/C20H22F3N5O3/c1-25-18(20(21,22)23)24-28(19(25)31)15-7-9-26(10-8-15)17(30)13-11-16(29)27(12-13)14-5-3-2-4-6-14/h2-6,13,15H,7-12H2,1H3. The first-order valence-electron chi connectivity index (χ1n) is 10.0. The third-order valence-corrected chi connectivity index (χ3v) is 5.92. The minimum atomic E-state index is -4.71. The van der Waals surface area contributed by atoms with E-state index in [0.29, 0.717) is 37.0 Å². The number of anilines is 1. The Hall–Kier alpha value is -3.11. The van der Waals surface area contributed by atoms with Crippen LogP contribution >= 0.6 is 0 Å². The molecule has 2 aliphatic heterocycles. The van der Waals surface area contributed by atoms with E-state index in [1.807, 2.05) is 30.3 Å². The van der Waals surface area contributed by atoms with Crippen LogP contribution in [0.4, 0.5) is 18.9 Å². The molecule has 1 aromatic carbocycles. The van der Waals surface area contributed by atoms with Crippen molar-refractivity contribution in [3.63, 3.8) is 0 Å². The summed E-state index contributed by atoms with van der Waals surface area (Å²) < 4.78 is 40.4. The molecular formula is C20H22F3N5O3. The van der Waals surface area contributed by atoms with E-state index in [0.717, 1.165) is 17.4 Å². The predicted molar refractivity (Wildman–Crippen MR) is 104 cm³/mol. The molecule has 3 heterocycles. The molecule has 2 amide bonds. The van der Waals surface area contributed by atoms with E-state index in [9.17, 15) is 27.6 Å². The summed E-state index contributed by atoms with van der Waals surface area (Å²) in [7, 11) is 1.04. The maximum atomic E-state index is 13.0. The second kappa shape index (κ2) is 7.86. The molecule has 0 bridgehead atoms. The Morgan fingerprint density at radius 2 is 1.74 bits per heavy atom. The van der Waals surface area contributed by atoms with Crippen LogP contribution < -0.4 is 10.6 Å². The lowest BCUT2D eigenvalue weighted by molar-refractivity contribution is -0.147. The quantitative estimate of drug-likeness (QED) is 0.734. The van der Waals surface area contributed by atoms with E-state index in [4.69, 9.17) is 0 Å². The molecule has 1 atom stereocenters. The van der Waals surface area contributed by atoms with Crippen LogP contribution in [-0.2, 0) is 22.8 Å². The second-order valence-electron chi connectivity index (χ2n) is 7.90. The van der Waals surface area contributed by atoms with E-state index in [1.54, 1.807) is 9.80 Å². The maximum Gasteiger partial charge on any atom is 0.451 e. The Bertz CT molecular complexity index is 1040. The number of para-hydroxylation sites is 1. The van der Waals surface area contributed by atoms with Gasteiger partial charge in [0.25, 0.3) is 0 Å². The highest BCUT2D eigenvalue weighted by molar-refractivity contribution is 6.00. The molecule has 4 rings (SSSR count). The molecule has 2 aliphatic rings. The van der Waals surface area contributed by atoms with Crippen LogP contribution in [-0.4, -0.2) is 50.7 Å². The van der Waals surface area contributed by atoms with Crippen LogP contribution in [0.1, 0.15) is 31.1 Å². The number of carbonyl (C=O) groups excluding carboxylic acids is 2. The summed E-state index contributed by atoms with van der Waals surface area (Å²) >= 11 is 0. The SMILES string of the molecule is Cn1c(C(F)(F)F)nn(C2CCN(C(=O)C3CC(=O)N(c4ccccc4)C3)CC2)c1=O. The molecule has 2 aromatic rings. The Kier molecular flexibility index (Phi) is 5.36. The number of aromatic nitrogens is 3. The highest BCUT2D eigenvalue weighted by atomic mass is 19.4. The molecule has 0 aliphatic carbocycles. The lowest BCUT2D eigenvalue weighted by Gasteiger charge is -2.33. The van der Waals surface area contributed by atoms with Crippen molar-refractivity contribution in [3.05, 3.63) is 46.6 Å². The van der Waals surface area contributed by atoms with E-state index in [-0.39, 0.29) is 18.2 Å². The number of benzene rings is 1. The van der Waals surface area contributed by atoms with Gasteiger partial charge in [-0.15, -0.1) is 5.10 Å². The number of nitrogens with zero attached hydrogens (tertiary/aromatic N) is 5. The van der Waals surface area contributed by atoms with Gasteiger partial charge >= 0.3 is 11.9 Å². The summed E-state index contributed by atoms with van der Waals surface area (Å²) in [5, 5.41) is 3.49. The van der Waals surface area contributed by atoms with Gasteiger partial charge in [-0.25, -0.2) is 9.48 Å². The van der Waals surface area contributed by atoms with Gasteiger partial charge in [0.15, 0.2) is 0 Å². The van der Waals surface area contributed by atoms with Gasteiger partial charge in [-0.3, -0.25) is 14.2 Å². The van der Waals surface area contributed by atoms with Crippen molar-refractivity contribution in [1.82, 2.24) is 19.2 Å². The monoisotopic (exact) mass is 437 g/mol. The fourth-order valence-corrected chi connectivity index (χ4v) is 4.26. The number of hydrogen-bond donors (Lipinski definition) is 0. The molecule has 8 nitrogen and oxygen atoms in total. The van der Waals surface area contributed by atoms with Crippen molar-refractivity contribution in [2.24, 2.45) is 13.0 Å². The van der Waals surface area contributed by atoms with Crippen molar-refractivity contribution in [1.29, 1.82) is 0 Å². The molecule has 31 heavy (non-hydrogen) atoms. The van der Waals surface area contributed by atoms with Crippen molar-refractivity contribution in [3.8, 4) is 0 Å². The van der Waals surface area contributed by atoms with Gasteiger partial charge in [0.05, 0.1) is 12.0 Å². The first kappa shape index (κ1) is 21.1. The minimum Gasteiger partial charge on any atom is -0.342 e. The summed E-state index contributed by atoms with van der Waals surface area (Å²) in [6, 6.07) is 8.62. The molecule has 0 radical (unpaired) electrons. The van der Waals surface area contributed by atoms with E-state index >= 15 is 0 Å². The highest BCUT2D eigenvalue weighted by Crippen LogP contribution is 2.30. The summed E-state index contributed by atoms with van der Waals surface area (Å²) in [6.45, 7) is 0.893. The molecule has 2 fully saturated rings. The maximum absolute atomic E-state index is 13.0. The molecule has 0 saturated carbocycles. The third kappa shape index (κ3) is 3.96. The van der Waals surface area contributed by atoms with E-state index in [2.05, 4.69) is 5.10 Å². The Morgan fingerprint density at radius 3 is 2.32 bits per heavy atom. The number of rotatable bonds is 3. The first-order chi connectivity index (χ1) is 14.7. The van der Waals surface area contributed by atoms with Gasteiger partial charge in [-0.2, -0.15) is 13.2 Å². The average molecular weight is 437 g/mol. The Labute approximate surface area is 175 Å². The highest BCUT2D eigenvalue weighted by Gasteiger charge is 2.40. The van der Waals surface area contributed by atoms with Gasteiger partial charge in [0.1, 0.15) is 0 Å². The van der Waals surface area contributed by atoms with Crippen LogP contribution in [0.15, 0.2) is 35.1 Å². The van der Waals surface area contributed by atoms with Crippen molar-refractivity contribution in [2.75, 3.05) is 24.5 Å². The summed E-state index contributed by atoms with van der Waals surface area (Å²) in [5.41, 5.74) is -0.0755. The number of alkyl halides is 3. The molecule has 0 spiro atoms. The van der Waals surface area contributed by atoms with Crippen LogP contribution in [0.5, 0.6) is 0 Å². The second-order valence-corrected chi connectivity index (χ2v) is 7.90. The Balaban J connectivity index is 1.40. The topological polar surface area (TPSA) is 80.4 Å². The van der Waals surface area contributed by atoms with Crippen molar-refractivity contribution < 1.29 is 22.8 Å². The third-order valence-electron chi connectivity index (χ3n) is 5.92. The summed E-state index contributed by atoms with van der Waals surface area (Å²) in [6.07, 6.45) is -3.94. The zero-order chi connectivity index (χ0) is 22.3. The number of halogens is 3. The molecular weight excluding hydrogens is 415 g/mol. The lowest BCUT2D eigenvalue weighted by atomic mass is 10.0. The summed E-state index contributed by atoms with van der Waals surface area (Å²) in [4.78, 5) is 40.7. The largest absolute Gasteiger partial charge is 0.451 e.